The van der Waals surface area contributed by atoms with Crippen molar-refractivity contribution in [1.82, 2.24) is 0 Å². The van der Waals surface area contributed by atoms with Crippen LogP contribution in [0.15, 0.2) is 48.5 Å². The van der Waals surface area contributed by atoms with Gasteiger partial charge in [0.05, 0.1) is 17.7 Å². The van der Waals surface area contributed by atoms with E-state index < -0.39 is 11.9 Å². The Hall–Kier alpha value is -2.69. The highest BCUT2D eigenvalue weighted by atomic mass is 19.1. The van der Waals surface area contributed by atoms with Crippen LogP contribution in [0.25, 0.3) is 0 Å². The zero-order valence-electron chi connectivity index (χ0n) is 14.9. The SMILES string of the molecule is CCCCCCOC(=O)c1ccccc1C(=O)OCc1ccc(F)cc1. The normalized spacial score (nSPS) is 10.4. The second-order valence-corrected chi connectivity index (χ2v) is 5.94. The van der Waals surface area contributed by atoms with E-state index in [9.17, 15) is 14.0 Å². The van der Waals surface area contributed by atoms with Gasteiger partial charge in [-0.25, -0.2) is 14.0 Å². The van der Waals surface area contributed by atoms with Crippen molar-refractivity contribution >= 4 is 11.9 Å². The van der Waals surface area contributed by atoms with Crippen LogP contribution >= 0.6 is 0 Å². The summed E-state index contributed by atoms with van der Waals surface area (Å²) < 4.78 is 23.4. The van der Waals surface area contributed by atoms with Gasteiger partial charge in [-0.2, -0.15) is 0 Å². The number of carbonyl (C=O) groups excluding carboxylic acids is 2. The molecule has 0 amide bonds. The van der Waals surface area contributed by atoms with Crippen molar-refractivity contribution in [1.29, 1.82) is 0 Å². The summed E-state index contributed by atoms with van der Waals surface area (Å²) >= 11 is 0. The van der Waals surface area contributed by atoms with Crippen LogP contribution in [0, 0.1) is 5.82 Å². The summed E-state index contributed by atoms with van der Waals surface area (Å²) in [5.41, 5.74) is 1.01. The van der Waals surface area contributed by atoms with Gasteiger partial charge in [-0.1, -0.05) is 50.5 Å². The van der Waals surface area contributed by atoms with E-state index in [0.717, 1.165) is 25.7 Å². The lowest BCUT2D eigenvalue weighted by atomic mass is 10.1. The predicted octanol–water partition coefficient (Wildman–Crippen LogP) is 4.92. The van der Waals surface area contributed by atoms with Crippen molar-refractivity contribution in [2.45, 2.75) is 39.2 Å². The Balaban J connectivity index is 1.94. The Morgan fingerprint density at radius 2 is 1.46 bits per heavy atom. The number of hydrogen-bond acceptors (Lipinski definition) is 4. The van der Waals surface area contributed by atoms with Crippen LogP contribution in [-0.4, -0.2) is 18.5 Å². The van der Waals surface area contributed by atoms with Crippen LogP contribution in [0.3, 0.4) is 0 Å². The molecule has 5 heteroatoms. The lowest BCUT2D eigenvalue weighted by molar-refractivity contribution is 0.0436. The predicted molar refractivity (Wildman–Crippen MR) is 96.4 cm³/mol. The minimum Gasteiger partial charge on any atom is -0.462 e. The van der Waals surface area contributed by atoms with E-state index in [1.807, 2.05) is 0 Å². The van der Waals surface area contributed by atoms with Crippen molar-refractivity contribution < 1.29 is 23.5 Å². The topological polar surface area (TPSA) is 52.6 Å². The number of hydrogen-bond donors (Lipinski definition) is 0. The Kier molecular flexibility index (Phi) is 7.80. The highest BCUT2D eigenvalue weighted by Gasteiger charge is 2.19. The summed E-state index contributed by atoms with van der Waals surface area (Å²) in [4.78, 5) is 24.6. The van der Waals surface area contributed by atoms with Crippen LogP contribution in [-0.2, 0) is 16.1 Å². The molecule has 0 atom stereocenters. The molecule has 0 aliphatic carbocycles. The minimum atomic E-state index is -0.618. The molecular weight excluding hydrogens is 335 g/mol. The quantitative estimate of drug-likeness (QED) is 0.472. The van der Waals surface area contributed by atoms with E-state index in [1.165, 1.54) is 18.2 Å². The van der Waals surface area contributed by atoms with E-state index in [1.54, 1.807) is 30.3 Å². The van der Waals surface area contributed by atoms with Crippen LogP contribution in [0.2, 0.25) is 0 Å². The zero-order valence-corrected chi connectivity index (χ0v) is 14.9. The van der Waals surface area contributed by atoms with E-state index in [0.29, 0.717) is 12.2 Å². The van der Waals surface area contributed by atoms with Crippen molar-refractivity contribution in [3.05, 3.63) is 71.0 Å². The third-order valence-electron chi connectivity index (χ3n) is 3.88. The average Bonchev–Trinajstić information content (AvgIpc) is 2.67. The van der Waals surface area contributed by atoms with Gasteiger partial charge in [0.25, 0.3) is 0 Å². The summed E-state index contributed by atoms with van der Waals surface area (Å²) in [6.07, 6.45) is 4.02. The molecule has 26 heavy (non-hydrogen) atoms. The molecule has 2 aromatic carbocycles. The van der Waals surface area contributed by atoms with Crippen molar-refractivity contribution in [3.63, 3.8) is 0 Å². The highest BCUT2D eigenvalue weighted by molar-refractivity contribution is 6.03. The fourth-order valence-electron chi connectivity index (χ4n) is 2.42. The molecule has 0 aromatic heterocycles. The third kappa shape index (κ3) is 5.99. The molecule has 0 unspecified atom stereocenters. The molecule has 0 aliphatic rings. The van der Waals surface area contributed by atoms with E-state index >= 15 is 0 Å². The smallest absolute Gasteiger partial charge is 0.339 e. The first-order valence-electron chi connectivity index (χ1n) is 8.79. The molecule has 138 valence electrons. The molecule has 2 aromatic rings. The second kappa shape index (κ2) is 10.3. The molecule has 0 spiro atoms. The number of rotatable bonds is 9. The van der Waals surface area contributed by atoms with E-state index in [2.05, 4.69) is 6.92 Å². The Bertz CT molecular complexity index is 725. The maximum Gasteiger partial charge on any atom is 0.339 e. The van der Waals surface area contributed by atoms with Crippen LogP contribution < -0.4 is 0 Å². The number of ether oxygens (including phenoxy) is 2. The molecular formula is C21H23FO4. The lowest BCUT2D eigenvalue weighted by Crippen LogP contribution is -2.14. The van der Waals surface area contributed by atoms with Crippen LogP contribution in [0.5, 0.6) is 0 Å². The van der Waals surface area contributed by atoms with Crippen LogP contribution in [0.1, 0.15) is 58.9 Å². The number of benzene rings is 2. The fourth-order valence-corrected chi connectivity index (χ4v) is 2.42. The molecule has 0 bridgehead atoms. The summed E-state index contributed by atoms with van der Waals surface area (Å²) in [6.45, 7) is 2.44. The summed E-state index contributed by atoms with van der Waals surface area (Å²) in [7, 11) is 0. The van der Waals surface area contributed by atoms with Gasteiger partial charge in [0.2, 0.25) is 0 Å². The highest BCUT2D eigenvalue weighted by Crippen LogP contribution is 2.14. The second-order valence-electron chi connectivity index (χ2n) is 5.94. The lowest BCUT2D eigenvalue weighted by Gasteiger charge is -2.10. The van der Waals surface area contributed by atoms with Gasteiger partial charge in [0, 0.05) is 0 Å². The molecule has 4 nitrogen and oxygen atoms in total. The van der Waals surface area contributed by atoms with Gasteiger partial charge in [0.15, 0.2) is 0 Å². The van der Waals surface area contributed by atoms with Gasteiger partial charge in [-0.05, 0) is 36.2 Å². The largest absolute Gasteiger partial charge is 0.462 e. The molecule has 0 heterocycles. The summed E-state index contributed by atoms with van der Waals surface area (Å²) in [5.74, 6) is -1.50. The summed E-state index contributed by atoms with van der Waals surface area (Å²) in [5, 5.41) is 0. The van der Waals surface area contributed by atoms with Crippen molar-refractivity contribution in [2.75, 3.05) is 6.61 Å². The molecule has 0 saturated carbocycles. The van der Waals surface area contributed by atoms with Gasteiger partial charge >= 0.3 is 11.9 Å². The van der Waals surface area contributed by atoms with Crippen LogP contribution in [0.4, 0.5) is 4.39 Å². The number of unbranched alkanes of at least 4 members (excludes halogenated alkanes) is 3. The van der Waals surface area contributed by atoms with E-state index in [4.69, 9.17) is 9.47 Å². The van der Waals surface area contributed by atoms with Gasteiger partial charge in [0.1, 0.15) is 12.4 Å². The van der Waals surface area contributed by atoms with Gasteiger partial charge < -0.3 is 9.47 Å². The first-order chi connectivity index (χ1) is 12.6. The molecule has 0 radical (unpaired) electrons. The Morgan fingerprint density at radius 1 is 0.846 bits per heavy atom. The number of carbonyl (C=O) groups is 2. The standard InChI is InChI=1S/C21H23FO4/c1-2-3-4-7-14-25-20(23)18-8-5-6-9-19(18)21(24)26-15-16-10-12-17(22)13-11-16/h5-6,8-13H,2-4,7,14-15H2,1H3. The monoisotopic (exact) mass is 358 g/mol. The first kappa shape index (κ1) is 19.6. The third-order valence-corrected chi connectivity index (χ3v) is 3.88. The zero-order chi connectivity index (χ0) is 18.8. The molecule has 0 aliphatic heterocycles. The fraction of sp³-hybridized carbons (Fsp3) is 0.333. The number of esters is 2. The van der Waals surface area contributed by atoms with E-state index in [-0.39, 0.29) is 23.6 Å². The number of halogens is 1. The van der Waals surface area contributed by atoms with Gasteiger partial charge in [-0.15, -0.1) is 0 Å². The van der Waals surface area contributed by atoms with Crippen molar-refractivity contribution in [2.24, 2.45) is 0 Å². The minimum absolute atomic E-state index is 0.000483. The molecule has 0 N–H and O–H groups in total. The maximum atomic E-state index is 12.9. The molecule has 2 rings (SSSR count). The Morgan fingerprint density at radius 3 is 2.08 bits per heavy atom. The Labute approximate surface area is 152 Å². The maximum absolute atomic E-state index is 12.9. The molecule has 0 fully saturated rings. The van der Waals surface area contributed by atoms with Gasteiger partial charge in [-0.3, -0.25) is 0 Å². The average molecular weight is 358 g/mol. The molecule has 0 saturated heterocycles. The first-order valence-corrected chi connectivity index (χ1v) is 8.79. The van der Waals surface area contributed by atoms with Crippen molar-refractivity contribution in [3.8, 4) is 0 Å². The summed E-state index contributed by atoms with van der Waals surface area (Å²) in [6, 6.07) is 12.1.